The van der Waals surface area contributed by atoms with Gasteiger partial charge in [0.15, 0.2) is 0 Å². The first-order valence-electron chi connectivity index (χ1n) is 5.62. The Kier molecular flexibility index (Phi) is 2.70. The standard InChI is InChI=1S/C13H15FO2/c1-2-9-4-5-11(14)10(8-9)13(12(15)16)6-3-7-13/h4-5,8H,2-3,6-7H2,1H3,(H,15,16). The molecule has 0 aromatic heterocycles. The second-order valence-corrected chi connectivity index (χ2v) is 4.41. The number of aliphatic carboxylic acids is 1. The molecule has 0 amide bonds. The number of aryl methyl sites for hydroxylation is 1. The summed E-state index contributed by atoms with van der Waals surface area (Å²) >= 11 is 0. The molecule has 0 unspecified atom stereocenters. The minimum Gasteiger partial charge on any atom is -0.481 e. The third-order valence-electron chi connectivity index (χ3n) is 3.57. The molecule has 2 rings (SSSR count). The SMILES string of the molecule is CCc1ccc(F)c(C2(C(=O)O)CCC2)c1. The Bertz CT molecular complexity index is 422. The van der Waals surface area contributed by atoms with E-state index in [0.29, 0.717) is 18.4 Å². The summed E-state index contributed by atoms with van der Waals surface area (Å²) in [7, 11) is 0. The summed E-state index contributed by atoms with van der Waals surface area (Å²) in [5.74, 6) is -1.29. The van der Waals surface area contributed by atoms with Gasteiger partial charge in [-0.3, -0.25) is 4.79 Å². The molecule has 2 nitrogen and oxygen atoms in total. The van der Waals surface area contributed by atoms with E-state index in [2.05, 4.69) is 0 Å². The minimum absolute atomic E-state index is 0.366. The van der Waals surface area contributed by atoms with E-state index in [4.69, 9.17) is 0 Å². The molecule has 16 heavy (non-hydrogen) atoms. The van der Waals surface area contributed by atoms with Gasteiger partial charge in [-0.2, -0.15) is 0 Å². The maximum atomic E-state index is 13.7. The Labute approximate surface area is 94.1 Å². The van der Waals surface area contributed by atoms with Crippen molar-refractivity contribution in [3.05, 3.63) is 35.1 Å². The summed E-state index contributed by atoms with van der Waals surface area (Å²) in [6.07, 6.45) is 2.75. The Morgan fingerprint density at radius 1 is 1.50 bits per heavy atom. The van der Waals surface area contributed by atoms with Crippen LogP contribution < -0.4 is 0 Å². The Hall–Kier alpha value is -1.38. The van der Waals surface area contributed by atoms with Gasteiger partial charge in [0.1, 0.15) is 5.82 Å². The molecule has 1 saturated carbocycles. The van der Waals surface area contributed by atoms with Crippen molar-refractivity contribution in [2.45, 2.75) is 38.0 Å². The molecule has 0 saturated heterocycles. The molecule has 0 spiro atoms. The molecular formula is C13H15FO2. The van der Waals surface area contributed by atoms with Gasteiger partial charge in [-0.25, -0.2) is 4.39 Å². The molecule has 1 N–H and O–H groups in total. The van der Waals surface area contributed by atoms with Gasteiger partial charge in [-0.05, 0) is 30.9 Å². The molecular weight excluding hydrogens is 207 g/mol. The van der Waals surface area contributed by atoms with Crippen molar-refractivity contribution in [3.8, 4) is 0 Å². The van der Waals surface area contributed by atoms with Crippen LogP contribution in [0.3, 0.4) is 0 Å². The quantitative estimate of drug-likeness (QED) is 0.853. The predicted octanol–water partition coefficient (Wildman–Crippen LogP) is 2.89. The molecule has 0 bridgehead atoms. The summed E-state index contributed by atoms with van der Waals surface area (Å²) in [6, 6.07) is 4.81. The lowest BCUT2D eigenvalue weighted by Gasteiger charge is -2.38. The molecule has 86 valence electrons. The second-order valence-electron chi connectivity index (χ2n) is 4.41. The van der Waals surface area contributed by atoms with E-state index in [1.165, 1.54) is 6.07 Å². The van der Waals surface area contributed by atoms with E-state index in [1.54, 1.807) is 12.1 Å². The van der Waals surface area contributed by atoms with Crippen LogP contribution >= 0.6 is 0 Å². The lowest BCUT2D eigenvalue weighted by Crippen LogP contribution is -2.43. The van der Waals surface area contributed by atoms with Crippen molar-refractivity contribution in [1.82, 2.24) is 0 Å². The first-order valence-corrected chi connectivity index (χ1v) is 5.62. The van der Waals surface area contributed by atoms with Crippen LogP contribution in [-0.2, 0) is 16.6 Å². The van der Waals surface area contributed by atoms with Crippen LogP contribution in [0.15, 0.2) is 18.2 Å². The van der Waals surface area contributed by atoms with Gasteiger partial charge in [0.2, 0.25) is 0 Å². The zero-order valence-corrected chi connectivity index (χ0v) is 9.29. The monoisotopic (exact) mass is 222 g/mol. The fraction of sp³-hybridized carbons (Fsp3) is 0.462. The number of rotatable bonds is 3. The Morgan fingerprint density at radius 3 is 2.62 bits per heavy atom. The van der Waals surface area contributed by atoms with Gasteiger partial charge >= 0.3 is 5.97 Å². The second kappa shape index (κ2) is 3.89. The molecule has 1 aromatic carbocycles. The largest absolute Gasteiger partial charge is 0.481 e. The van der Waals surface area contributed by atoms with Crippen molar-refractivity contribution < 1.29 is 14.3 Å². The van der Waals surface area contributed by atoms with Crippen molar-refractivity contribution in [2.24, 2.45) is 0 Å². The molecule has 1 aromatic rings. The smallest absolute Gasteiger partial charge is 0.314 e. The highest BCUT2D eigenvalue weighted by Gasteiger charge is 2.47. The third kappa shape index (κ3) is 1.51. The van der Waals surface area contributed by atoms with Crippen LogP contribution in [0.25, 0.3) is 0 Å². The van der Waals surface area contributed by atoms with Gasteiger partial charge < -0.3 is 5.11 Å². The normalized spacial score (nSPS) is 17.9. The molecule has 1 aliphatic carbocycles. The fourth-order valence-electron chi connectivity index (χ4n) is 2.29. The summed E-state index contributed by atoms with van der Waals surface area (Å²) in [4.78, 5) is 11.3. The summed E-state index contributed by atoms with van der Waals surface area (Å²) in [5.41, 5.74) is 0.393. The third-order valence-corrected chi connectivity index (χ3v) is 3.57. The fourth-order valence-corrected chi connectivity index (χ4v) is 2.29. The maximum absolute atomic E-state index is 13.7. The van der Waals surface area contributed by atoms with E-state index >= 15 is 0 Å². The number of carbonyl (C=O) groups is 1. The van der Waals surface area contributed by atoms with Gasteiger partial charge in [0, 0.05) is 5.56 Å². The highest BCUT2D eigenvalue weighted by Crippen LogP contribution is 2.45. The number of hydrogen-bond acceptors (Lipinski definition) is 1. The van der Waals surface area contributed by atoms with Gasteiger partial charge in [0.25, 0.3) is 0 Å². The van der Waals surface area contributed by atoms with Crippen molar-refractivity contribution in [2.75, 3.05) is 0 Å². The molecule has 0 atom stereocenters. The average Bonchev–Trinajstić information content (AvgIpc) is 2.18. The van der Waals surface area contributed by atoms with Crippen LogP contribution in [0.4, 0.5) is 4.39 Å². The van der Waals surface area contributed by atoms with E-state index in [0.717, 1.165) is 18.4 Å². The van der Waals surface area contributed by atoms with E-state index in [9.17, 15) is 14.3 Å². The lowest BCUT2D eigenvalue weighted by atomic mass is 9.64. The Balaban J connectivity index is 2.49. The van der Waals surface area contributed by atoms with Gasteiger partial charge in [-0.15, -0.1) is 0 Å². The summed E-state index contributed by atoms with van der Waals surface area (Å²) < 4.78 is 13.7. The molecule has 3 heteroatoms. The molecule has 0 radical (unpaired) electrons. The van der Waals surface area contributed by atoms with Crippen LogP contribution in [0, 0.1) is 5.82 Å². The zero-order valence-electron chi connectivity index (χ0n) is 9.29. The predicted molar refractivity (Wildman–Crippen MR) is 58.9 cm³/mol. The van der Waals surface area contributed by atoms with Crippen molar-refractivity contribution in [3.63, 3.8) is 0 Å². The van der Waals surface area contributed by atoms with Gasteiger partial charge in [0.05, 0.1) is 5.41 Å². The van der Waals surface area contributed by atoms with Crippen LogP contribution in [0.5, 0.6) is 0 Å². The first kappa shape index (κ1) is 11.1. The maximum Gasteiger partial charge on any atom is 0.314 e. The van der Waals surface area contributed by atoms with Crippen LogP contribution in [-0.4, -0.2) is 11.1 Å². The molecule has 0 heterocycles. The van der Waals surface area contributed by atoms with Crippen molar-refractivity contribution in [1.29, 1.82) is 0 Å². The lowest BCUT2D eigenvalue weighted by molar-refractivity contribution is -0.147. The molecule has 1 fully saturated rings. The Morgan fingerprint density at radius 2 is 2.19 bits per heavy atom. The summed E-state index contributed by atoms with van der Waals surface area (Å²) in [6.45, 7) is 1.98. The zero-order chi connectivity index (χ0) is 11.8. The number of carboxylic acid groups (broad SMARTS) is 1. The van der Waals surface area contributed by atoms with E-state index in [-0.39, 0.29) is 5.82 Å². The highest BCUT2D eigenvalue weighted by molar-refractivity contribution is 5.82. The number of benzene rings is 1. The number of hydrogen-bond donors (Lipinski definition) is 1. The van der Waals surface area contributed by atoms with Crippen molar-refractivity contribution >= 4 is 5.97 Å². The topological polar surface area (TPSA) is 37.3 Å². The van der Waals surface area contributed by atoms with E-state index in [1.807, 2.05) is 6.92 Å². The minimum atomic E-state index is -0.963. The highest BCUT2D eigenvalue weighted by atomic mass is 19.1. The summed E-state index contributed by atoms with van der Waals surface area (Å²) in [5, 5.41) is 9.26. The molecule has 0 aliphatic heterocycles. The van der Waals surface area contributed by atoms with Crippen LogP contribution in [0.1, 0.15) is 37.3 Å². The van der Waals surface area contributed by atoms with E-state index < -0.39 is 11.4 Å². The van der Waals surface area contributed by atoms with Gasteiger partial charge in [-0.1, -0.05) is 25.5 Å². The van der Waals surface area contributed by atoms with Crippen LogP contribution in [0.2, 0.25) is 0 Å². The first-order chi connectivity index (χ1) is 7.60. The average molecular weight is 222 g/mol. The number of halogens is 1. The number of carboxylic acids is 1. The molecule has 1 aliphatic rings.